The van der Waals surface area contributed by atoms with Crippen molar-refractivity contribution in [2.75, 3.05) is 0 Å². The Morgan fingerprint density at radius 3 is 2.44 bits per heavy atom. The molecule has 0 spiro atoms. The predicted molar refractivity (Wildman–Crippen MR) is 67.7 cm³/mol. The number of carbonyl (C=O) groups excluding carboxylic acids is 1. The minimum absolute atomic E-state index is 0.0273. The van der Waals surface area contributed by atoms with Crippen molar-refractivity contribution in [3.8, 4) is 0 Å². The van der Waals surface area contributed by atoms with Gasteiger partial charge in [0.1, 0.15) is 0 Å². The lowest BCUT2D eigenvalue weighted by Gasteiger charge is -2.07. The van der Waals surface area contributed by atoms with E-state index in [1.807, 2.05) is 49.4 Å². The van der Waals surface area contributed by atoms with Crippen LogP contribution in [-0.2, 0) is 4.79 Å². The van der Waals surface area contributed by atoms with E-state index in [0.29, 0.717) is 17.7 Å². The van der Waals surface area contributed by atoms with Crippen LogP contribution in [0.5, 0.6) is 0 Å². The van der Waals surface area contributed by atoms with Crippen LogP contribution >= 0.6 is 0 Å². The molecule has 0 fully saturated rings. The highest BCUT2D eigenvalue weighted by Gasteiger charge is 2.08. The van der Waals surface area contributed by atoms with Crippen LogP contribution in [0.15, 0.2) is 48.1 Å². The number of hydrogen-bond donors (Lipinski definition) is 1. The average Bonchev–Trinajstić information content (AvgIpc) is 2.30. The summed E-state index contributed by atoms with van der Waals surface area (Å²) in [5, 5.41) is 0. The van der Waals surface area contributed by atoms with Gasteiger partial charge in [-0.3, -0.25) is 4.79 Å². The molecule has 1 rings (SSSR count). The Kier molecular flexibility index (Phi) is 4.52. The number of rotatable bonds is 4. The molecule has 0 bridgehead atoms. The molecule has 84 valence electrons. The van der Waals surface area contributed by atoms with Crippen molar-refractivity contribution in [3.05, 3.63) is 53.6 Å². The van der Waals surface area contributed by atoms with Crippen LogP contribution in [-0.4, -0.2) is 5.78 Å². The first-order valence-electron chi connectivity index (χ1n) is 5.33. The highest BCUT2D eigenvalue weighted by atomic mass is 16.1. The Bertz CT molecular complexity index is 416. The normalized spacial score (nSPS) is 12.6. The summed E-state index contributed by atoms with van der Waals surface area (Å²) in [5.74, 6) is 0.0273. The summed E-state index contributed by atoms with van der Waals surface area (Å²) >= 11 is 0. The molecule has 0 aromatic heterocycles. The topological polar surface area (TPSA) is 43.1 Å². The zero-order valence-corrected chi connectivity index (χ0v) is 9.73. The summed E-state index contributed by atoms with van der Waals surface area (Å²) in [6, 6.07) is 9.57. The lowest BCUT2D eigenvalue weighted by Crippen LogP contribution is -2.07. The van der Waals surface area contributed by atoms with Crippen molar-refractivity contribution in [3.63, 3.8) is 0 Å². The van der Waals surface area contributed by atoms with Gasteiger partial charge in [0, 0.05) is 11.3 Å². The van der Waals surface area contributed by atoms with Gasteiger partial charge in [0.25, 0.3) is 0 Å². The molecule has 1 aromatic carbocycles. The van der Waals surface area contributed by atoms with E-state index in [-0.39, 0.29) is 5.78 Å². The Hall–Kier alpha value is -1.83. The fraction of sp³-hybridized carbons (Fsp3) is 0.214. The van der Waals surface area contributed by atoms with Crippen LogP contribution in [0.1, 0.15) is 25.8 Å². The van der Waals surface area contributed by atoms with Gasteiger partial charge in [0.2, 0.25) is 0 Å². The number of hydrogen-bond acceptors (Lipinski definition) is 2. The van der Waals surface area contributed by atoms with Crippen molar-refractivity contribution in [1.82, 2.24) is 0 Å². The number of carbonyl (C=O) groups is 1. The van der Waals surface area contributed by atoms with Gasteiger partial charge in [-0.1, -0.05) is 42.5 Å². The smallest absolute Gasteiger partial charge is 0.158 e. The molecule has 2 N–H and O–H groups in total. The molecular formula is C14H17NO. The molecule has 0 aliphatic rings. The highest BCUT2D eigenvalue weighted by Crippen LogP contribution is 2.17. The van der Waals surface area contributed by atoms with E-state index in [4.69, 9.17) is 5.73 Å². The highest BCUT2D eigenvalue weighted by molar-refractivity contribution is 6.00. The second kappa shape index (κ2) is 5.91. The molecule has 1 aromatic rings. The van der Waals surface area contributed by atoms with E-state index < -0.39 is 0 Å². The van der Waals surface area contributed by atoms with Crippen LogP contribution in [0.25, 0.3) is 5.70 Å². The number of Topliss-reactive ketones (excluding diaryl/α,β-unsaturated/α-hetero) is 1. The quantitative estimate of drug-likeness (QED) is 0.620. The minimum atomic E-state index is 0.0273. The molecule has 0 atom stereocenters. The van der Waals surface area contributed by atoms with Gasteiger partial charge in [-0.15, -0.1) is 0 Å². The minimum Gasteiger partial charge on any atom is -0.398 e. The molecule has 0 radical (unpaired) electrons. The maximum Gasteiger partial charge on any atom is 0.158 e. The number of allylic oxidation sites excluding steroid dienone is 3. The number of nitrogens with two attached hydrogens (primary N) is 1. The first kappa shape index (κ1) is 12.2. The average molecular weight is 215 g/mol. The molecule has 2 heteroatoms. The van der Waals surface area contributed by atoms with Crippen molar-refractivity contribution in [2.24, 2.45) is 5.73 Å². The fourth-order valence-corrected chi connectivity index (χ4v) is 1.47. The lowest BCUT2D eigenvalue weighted by atomic mass is 10.0. The molecule has 0 heterocycles. The van der Waals surface area contributed by atoms with Gasteiger partial charge >= 0.3 is 0 Å². The van der Waals surface area contributed by atoms with E-state index in [1.165, 1.54) is 0 Å². The third-order valence-electron chi connectivity index (χ3n) is 2.39. The molecular weight excluding hydrogens is 198 g/mol. The summed E-state index contributed by atoms with van der Waals surface area (Å²) in [6.45, 7) is 3.48. The van der Waals surface area contributed by atoms with Crippen molar-refractivity contribution < 1.29 is 4.79 Å². The molecule has 2 nitrogen and oxygen atoms in total. The Morgan fingerprint density at radius 2 is 1.94 bits per heavy atom. The van der Waals surface area contributed by atoms with Crippen molar-refractivity contribution >= 4 is 11.5 Å². The Labute approximate surface area is 96.5 Å². The summed E-state index contributed by atoms with van der Waals surface area (Å²) in [6.07, 6.45) is 4.44. The van der Waals surface area contributed by atoms with Gasteiger partial charge in [0.15, 0.2) is 5.78 Å². The SMILES string of the molecule is C/C=C/C/C(C(C)=O)=C(/N)c1ccccc1. The summed E-state index contributed by atoms with van der Waals surface area (Å²) in [5.41, 5.74) is 8.15. The van der Waals surface area contributed by atoms with Crippen LogP contribution in [0.3, 0.4) is 0 Å². The third kappa shape index (κ3) is 3.09. The standard InChI is InChI=1S/C14H17NO/c1-3-4-10-13(11(2)16)14(15)12-8-6-5-7-9-12/h3-9H,10,15H2,1-2H3/b4-3+,14-13-. The first-order chi connectivity index (χ1) is 7.66. The molecule has 0 saturated carbocycles. The predicted octanol–water partition coefficient (Wildman–Crippen LogP) is 2.91. The Balaban J connectivity index is 3.11. The maximum absolute atomic E-state index is 11.5. The van der Waals surface area contributed by atoms with E-state index in [1.54, 1.807) is 6.92 Å². The molecule has 0 aliphatic heterocycles. The Morgan fingerprint density at radius 1 is 1.31 bits per heavy atom. The molecule has 0 unspecified atom stereocenters. The van der Waals surface area contributed by atoms with Crippen LogP contribution in [0.4, 0.5) is 0 Å². The van der Waals surface area contributed by atoms with Crippen molar-refractivity contribution in [1.29, 1.82) is 0 Å². The maximum atomic E-state index is 11.5. The zero-order valence-electron chi connectivity index (χ0n) is 9.73. The summed E-state index contributed by atoms with van der Waals surface area (Å²) in [4.78, 5) is 11.5. The van der Waals surface area contributed by atoms with E-state index in [0.717, 1.165) is 5.56 Å². The van der Waals surface area contributed by atoms with Crippen LogP contribution in [0.2, 0.25) is 0 Å². The first-order valence-corrected chi connectivity index (χ1v) is 5.33. The molecule has 0 saturated heterocycles. The largest absolute Gasteiger partial charge is 0.398 e. The van der Waals surface area contributed by atoms with Gasteiger partial charge in [-0.25, -0.2) is 0 Å². The summed E-state index contributed by atoms with van der Waals surface area (Å²) in [7, 11) is 0. The number of ketones is 1. The molecule has 16 heavy (non-hydrogen) atoms. The monoisotopic (exact) mass is 215 g/mol. The number of benzene rings is 1. The fourth-order valence-electron chi connectivity index (χ4n) is 1.47. The van der Waals surface area contributed by atoms with Gasteiger partial charge in [-0.05, 0) is 25.8 Å². The molecule has 0 aliphatic carbocycles. The lowest BCUT2D eigenvalue weighted by molar-refractivity contribution is -0.113. The second-order valence-corrected chi connectivity index (χ2v) is 3.59. The van der Waals surface area contributed by atoms with Gasteiger partial charge in [0.05, 0.1) is 0 Å². The van der Waals surface area contributed by atoms with E-state index in [9.17, 15) is 4.79 Å². The van der Waals surface area contributed by atoms with Crippen LogP contribution < -0.4 is 5.73 Å². The van der Waals surface area contributed by atoms with Gasteiger partial charge in [-0.2, -0.15) is 0 Å². The van der Waals surface area contributed by atoms with E-state index >= 15 is 0 Å². The van der Waals surface area contributed by atoms with E-state index in [2.05, 4.69) is 0 Å². The summed E-state index contributed by atoms with van der Waals surface area (Å²) < 4.78 is 0. The van der Waals surface area contributed by atoms with Crippen molar-refractivity contribution in [2.45, 2.75) is 20.3 Å². The van der Waals surface area contributed by atoms with Gasteiger partial charge < -0.3 is 5.73 Å². The molecule has 0 amide bonds. The third-order valence-corrected chi connectivity index (χ3v) is 2.39. The van der Waals surface area contributed by atoms with Crippen LogP contribution in [0, 0.1) is 0 Å². The second-order valence-electron chi connectivity index (χ2n) is 3.59. The zero-order chi connectivity index (χ0) is 12.0.